The maximum absolute atomic E-state index is 11.6. The molecule has 0 unspecified atom stereocenters. The molecule has 1 N–H and O–H groups in total. The van der Waals surface area contributed by atoms with Gasteiger partial charge in [0.2, 0.25) is 5.91 Å². The van der Waals surface area contributed by atoms with Crippen molar-refractivity contribution in [3.05, 3.63) is 29.3 Å². The first-order chi connectivity index (χ1) is 9.31. The van der Waals surface area contributed by atoms with Gasteiger partial charge >= 0.3 is 0 Å². The van der Waals surface area contributed by atoms with Crippen LogP contribution in [0.4, 0.5) is 5.69 Å². The molecular weight excluding hydrogens is 278 g/mol. The van der Waals surface area contributed by atoms with E-state index >= 15 is 0 Å². The van der Waals surface area contributed by atoms with E-state index in [1.54, 1.807) is 11.9 Å². The highest BCUT2D eigenvalue weighted by Crippen LogP contribution is 2.28. The minimum atomic E-state index is -3.38. The van der Waals surface area contributed by atoms with Crippen LogP contribution in [0.2, 0.25) is 0 Å². The number of nitrogens with one attached hydrogen (secondary N) is 1. The van der Waals surface area contributed by atoms with Crippen LogP contribution in [0.3, 0.4) is 0 Å². The van der Waals surface area contributed by atoms with Crippen LogP contribution in [0, 0.1) is 0 Å². The van der Waals surface area contributed by atoms with Crippen LogP contribution >= 0.6 is 0 Å². The molecule has 0 spiro atoms. The van der Waals surface area contributed by atoms with Crippen molar-refractivity contribution in [3.63, 3.8) is 0 Å². The van der Waals surface area contributed by atoms with Gasteiger partial charge in [-0.3, -0.25) is 4.79 Å². The molecule has 1 aliphatic heterocycles. The third-order valence-electron chi connectivity index (χ3n) is 3.40. The summed E-state index contributed by atoms with van der Waals surface area (Å²) in [5.41, 5.74) is 2.96. The number of hydrogen-bond donors (Lipinski definition) is 1. The van der Waals surface area contributed by atoms with E-state index in [0.29, 0.717) is 19.4 Å². The van der Waals surface area contributed by atoms with Crippen LogP contribution in [0.1, 0.15) is 11.1 Å². The Balaban J connectivity index is 2.00. The van der Waals surface area contributed by atoms with Gasteiger partial charge in [-0.2, -0.15) is 12.7 Å². The molecule has 110 valence electrons. The first kappa shape index (κ1) is 15.0. The Bertz CT molecular complexity index is 626. The summed E-state index contributed by atoms with van der Waals surface area (Å²) >= 11 is 0. The minimum Gasteiger partial charge on any atom is -0.315 e. The Kier molecular flexibility index (Phi) is 4.12. The summed E-state index contributed by atoms with van der Waals surface area (Å²) in [6.07, 6.45) is 1.02. The molecule has 0 radical (unpaired) electrons. The maximum atomic E-state index is 11.6. The summed E-state index contributed by atoms with van der Waals surface area (Å²) < 4.78 is 26.8. The molecule has 6 nitrogen and oxygen atoms in total. The molecule has 0 aliphatic carbocycles. The van der Waals surface area contributed by atoms with Crippen molar-refractivity contribution >= 4 is 21.8 Å². The monoisotopic (exact) mass is 297 g/mol. The van der Waals surface area contributed by atoms with Gasteiger partial charge in [-0.15, -0.1) is 0 Å². The third kappa shape index (κ3) is 3.00. The third-order valence-corrected chi connectivity index (χ3v) is 4.93. The normalized spacial score (nSPS) is 15.0. The molecule has 2 rings (SSSR count). The van der Waals surface area contributed by atoms with Gasteiger partial charge in [-0.1, -0.05) is 12.1 Å². The Morgan fingerprint density at radius 2 is 2.05 bits per heavy atom. The molecular formula is C13H19N3O3S. The number of nitrogens with zero attached hydrogens (tertiary/aromatic N) is 2. The Hall–Kier alpha value is -1.44. The molecule has 0 aromatic heterocycles. The Morgan fingerprint density at radius 3 is 2.70 bits per heavy atom. The molecule has 0 saturated heterocycles. The van der Waals surface area contributed by atoms with E-state index in [4.69, 9.17) is 0 Å². The van der Waals surface area contributed by atoms with Gasteiger partial charge in [0.15, 0.2) is 0 Å². The molecule has 0 fully saturated rings. The predicted octanol–water partition coefficient (Wildman–Crippen LogP) is 0.144. The van der Waals surface area contributed by atoms with Crippen molar-refractivity contribution in [1.29, 1.82) is 0 Å². The van der Waals surface area contributed by atoms with Crippen LogP contribution in [-0.2, 0) is 27.8 Å². The van der Waals surface area contributed by atoms with Crippen LogP contribution in [-0.4, -0.2) is 46.3 Å². The van der Waals surface area contributed by atoms with E-state index in [1.165, 1.54) is 14.1 Å². The highest BCUT2D eigenvalue weighted by atomic mass is 32.2. The van der Waals surface area contributed by atoms with Crippen molar-refractivity contribution in [1.82, 2.24) is 9.03 Å². The molecule has 20 heavy (non-hydrogen) atoms. The molecule has 1 heterocycles. The average molecular weight is 297 g/mol. The van der Waals surface area contributed by atoms with Crippen LogP contribution in [0.15, 0.2) is 18.2 Å². The van der Waals surface area contributed by atoms with Gasteiger partial charge in [-0.05, 0) is 23.6 Å². The molecule has 0 saturated carbocycles. The highest BCUT2D eigenvalue weighted by molar-refractivity contribution is 7.87. The smallest absolute Gasteiger partial charge is 0.278 e. The number of carbonyl (C=O) groups excluding carboxylic acids is 1. The zero-order valence-corrected chi connectivity index (χ0v) is 12.7. The molecule has 1 amide bonds. The Labute approximate surface area is 119 Å². The van der Waals surface area contributed by atoms with Gasteiger partial charge < -0.3 is 4.90 Å². The average Bonchev–Trinajstić information content (AvgIpc) is 2.64. The molecule has 0 atom stereocenters. The highest BCUT2D eigenvalue weighted by Gasteiger charge is 2.23. The lowest BCUT2D eigenvalue weighted by Crippen LogP contribution is -2.36. The summed E-state index contributed by atoms with van der Waals surface area (Å²) in [7, 11) is 1.36. The lowest BCUT2D eigenvalue weighted by molar-refractivity contribution is -0.117. The number of benzene rings is 1. The number of anilines is 1. The first-order valence-electron chi connectivity index (χ1n) is 6.37. The van der Waals surface area contributed by atoms with E-state index in [1.807, 2.05) is 18.2 Å². The molecule has 1 aliphatic rings. The van der Waals surface area contributed by atoms with Crippen LogP contribution < -0.4 is 9.62 Å². The van der Waals surface area contributed by atoms with Crippen molar-refractivity contribution < 1.29 is 13.2 Å². The largest absolute Gasteiger partial charge is 0.315 e. The van der Waals surface area contributed by atoms with Gasteiger partial charge in [0.05, 0.1) is 6.42 Å². The molecule has 1 aromatic carbocycles. The lowest BCUT2D eigenvalue weighted by Gasteiger charge is -2.13. The number of carbonyl (C=O) groups is 1. The fourth-order valence-corrected chi connectivity index (χ4v) is 2.75. The second-order valence-electron chi connectivity index (χ2n) is 5.02. The minimum absolute atomic E-state index is 0.0884. The van der Waals surface area contributed by atoms with Crippen molar-refractivity contribution in [2.45, 2.75) is 12.8 Å². The molecule has 0 bridgehead atoms. The number of hydrogen-bond acceptors (Lipinski definition) is 3. The standard InChI is InChI=1S/C13H19N3O3S/c1-15(2)20(18,19)14-7-6-10-4-5-12-11(8-10)9-13(17)16(12)3/h4-5,8,14H,6-7,9H2,1-3H3. The summed E-state index contributed by atoms with van der Waals surface area (Å²) in [6.45, 7) is 0.336. The molecule has 1 aromatic rings. The van der Waals surface area contributed by atoms with Gasteiger partial charge in [-0.25, -0.2) is 4.72 Å². The Morgan fingerprint density at radius 1 is 1.35 bits per heavy atom. The summed E-state index contributed by atoms with van der Waals surface area (Å²) in [4.78, 5) is 13.2. The van der Waals surface area contributed by atoms with Crippen LogP contribution in [0.25, 0.3) is 0 Å². The summed E-state index contributed by atoms with van der Waals surface area (Å²) in [5.74, 6) is 0.0884. The van der Waals surface area contributed by atoms with Crippen molar-refractivity contribution in [2.24, 2.45) is 0 Å². The first-order valence-corrected chi connectivity index (χ1v) is 7.81. The zero-order valence-electron chi connectivity index (χ0n) is 11.9. The van der Waals surface area contributed by atoms with Crippen LogP contribution in [0.5, 0.6) is 0 Å². The lowest BCUT2D eigenvalue weighted by atomic mass is 10.1. The quantitative estimate of drug-likeness (QED) is 0.841. The second kappa shape index (κ2) is 5.51. The number of fused-ring (bicyclic) bond motifs is 1. The summed E-state index contributed by atoms with van der Waals surface area (Å²) in [6, 6.07) is 5.81. The van der Waals surface area contributed by atoms with Gasteiger partial charge in [0.25, 0.3) is 10.2 Å². The van der Waals surface area contributed by atoms with Gasteiger partial charge in [0.1, 0.15) is 0 Å². The van der Waals surface area contributed by atoms with E-state index in [9.17, 15) is 13.2 Å². The van der Waals surface area contributed by atoms with E-state index in [-0.39, 0.29) is 5.91 Å². The van der Waals surface area contributed by atoms with E-state index in [2.05, 4.69) is 4.72 Å². The fourth-order valence-electron chi connectivity index (χ4n) is 2.13. The van der Waals surface area contributed by atoms with Crippen molar-refractivity contribution in [2.75, 3.05) is 32.6 Å². The molecule has 7 heteroatoms. The summed E-state index contributed by atoms with van der Waals surface area (Å²) in [5, 5.41) is 0. The number of amides is 1. The number of likely N-dealkylation sites (N-methyl/N-ethyl adjacent to an activating group) is 1. The van der Waals surface area contributed by atoms with E-state index < -0.39 is 10.2 Å². The van der Waals surface area contributed by atoms with E-state index in [0.717, 1.165) is 21.1 Å². The predicted molar refractivity (Wildman–Crippen MR) is 77.9 cm³/mol. The maximum Gasteiger partial charge on any atom is 0.278 e. The van der Waals surface area contributed by atoms with Gasteiger partial charge in [0, 0.05) is 33.4 Å². The fraction of sp³-hybridized carbons (Fsp3) is 0.462. The number of rotatable bonds is 5. The topological polar surface area (TPSA) is 69.7 Å². The SMILES string of the molecule is CN1C(=O)Cc2cc(CCNS(=O)(=O)N(C)C)ccc21. The van der Waals surface area contributed by atoms with Crippen molar-refractivity contribution in [3.8, 4) is 0 Å². The second-order valence-corrected chi connectivity index (χ2v) is 6.99. The zero-order chi connectivity index (χ0) is 14.9.